The van der Waals surface area contributed by atoms with Gasteiger partial charge in [-0.2, -0.15) is 0 Å². The van der Waals surface area contributed by atoms with Crippen LogP contribution in [0.15, 0.2) is 66.7 Å². The Morgan fingerprint density at radius 2 is 1.73 bits per heavy atom. The van der Waals surface area contributed by atoms with Gasteiger partial charge >= 0.3 is 0 Å². The molecule has 5 heteroatoms. The monoisotopic (exact) mass is 439 g/mol. The molecule has 5 rings (SSSR count). The quantitative estimate of drug-likeness (QED) is 0.395. The van der Waals surface area contributed by atoms with E-state index in [1.165, 1.54) is 11.1 Å². The summed E-state index contributed by atoms with van der Waals surface area (Å²) in [7, 11) is 0. The average Bonchev–Trinajstić information content (AvgIpc) is 3.36. The van der Waals surface area contributed by atoms with Crippen molar-refractivity contribution < 1.29 is 9.53 Å². The van der Waals surface area contributed by atoms with E-state index < -0.39 is 0 Å². The van der Waals surface area contributed by atoms with E-state index in [-0.39, 0.29) is 11.8 Å². The van der Waals surface area contributed by atoms with Crippen LogP contribution in [-0.2, 0) is 11.3 Å². The number of rotatable bonds is 6. The average molecular weight is 440 g/mol. The summed E-state index contributed by atoms with van der Waals surface area (Å²) in [5.41, 5.74) is 6.58. The first-order valence-corrected chi connectivity index (χ1v) is 11.5. The zero-order valence-electron chi connectivity index (χ0n) is 19.4. The normalized spacial score (nSPS) is 16.0. The van der Waals surface area contributed by atoms with Crippen molar-refractivity contribution >= 4 is 22.6 Å². The third kappa shape index (κ3) is 4.23. The summed E-state index contributed by atoms with van der Waals surface area (Å²) in [6, 6.07) is 22.5. The van der Waals surface area contributed by atoms with Crippen molar-refractivity contribution in [1.29, 1.82) is 0 Å². The Hall–Kier alpha value is -3.60. The van der Waals surface area contributed by atoms with Gasteiger partial charge in [-0.05, 0) is 56.7 Å². The molecule has 1 atom stereocenters. The van der Waals surface area contributed by atoms with Gasteiger partial charge in [0.1, 0.15) is 18.2 Å². The summed E-state index contributed by atoms with van der Waals surface area (Å²) in [4.78, 5) is 19.9. The third-order valence-electron chi connectivity index (χ3n) is 6.42. The summed E-state index contributed by atoms with van der Waals surface area (Å²) < 4.78 is 8.24. The van der Waals surface area contributed by atoms with Crippen LogP contribution in [0.3, 0.4) is 0 Å². The maximum atomic E-state index is 13.0. The van der Waals surface area contributed by atoms with E-state index in [0.29, 0.717) is 26.1 Å². The topological polar surface area (TPSA) is 47.4 Å². The van der Waals surface area contributed by atoms with Crippen LogP contribution >= 0.6 is 0 Å². The number of ether oxygens (including phenoxy) is 1. The molecule has 0 aliphatic carbocycles. The van der Waals surface area contributed by atoms with Crippen LogP contribution in [-0.4, -0.2) is 28.6 Å². The van der Waals surface area contributed by atoms with Gasteiger partial charge in [0, 0.05) is 24.6 Å². The number of nitrogens with zero attached hydrogens (tertiary/aromatic N) is 3. The number of carbonyl (C=O) groups excluding carboxylic acids is 1. The fourth-order valence-corrected chi connectivity index (χ4v) is 4.75. The summed E-state index contributed by atoms with van der Waals surface area (Å²) in [5, 5.41) is 0. The van der Waals surface area contributed by atoms with E-state index in [4.69, 9.17) is 9.72 Å². The van der Waals surface area contributed by atoms with E-state index in [9.17, 15) is 4.79 Å². The number of anilines is 1. The van der Waals surface area contributed by atoms with Gasteiger partial charge < -0.3 is 14.2 Å². The smallest absolute Gasteiger partial charge is 0.227 e. The molecule has 168 valence electrons. The fraction of sp³-hybridized carbons (Fsp3) is 0.286. The lowest BCUT2D eigenvalue weighted by Crippen LogP contribution is -2.25. The molecular weight excluding hydrogens is 410 g/mol. The molecule has 1 aliphatic heterocycles. The predicted octanol–water partition coefficient (Wildman–Crippen LogP) is 5.56. The Bertz CT molecular complexity index is 1310. The molecule has 1 saturated heterocycles. The van der Waals surface area contributed by atoms with Crippen LogP contribution < -0.4 is 9.64 Å². The Morgan fingerprint density at radius 3 is 2.52 bits per heavy atom. The zero-order valence-corrected chi connectivity index (χ0v) is 19.4. The molecule has 5 nitrogen and oxygen atoms in total. The van der Waals surface area contributed by atoms with Crippen molar-refractivity contribution in [2.75, 3.05) is 18.1 Å². The van der Waals surface area contributed by atoms with Crippen molar-refractivity contribution in [2.24, 2.45) is 0 Å². The van der Waals surface area contributed by atoms with Crippen LogP contribution in [0.2, 0.25) is 0 Å². The van der Waals surface area contributed by atoms with Crippen LogP contribution in [0, 0.1) is 20.8 Å². The maximum Gasteiger partial charge on any atom is 0.227 e. The van der Waals surface area contributed by atoms with Crippen molar-refractivity contribution in [2.45, 2.75) is 39.7 Å². The van der Waals surface area contributed by atoms with Gasteiger partial charge in [-0.3, -0.25) is 4.79 Å². The highest BCUT2D eigenvalue weighted by atomic mass is 16.5. The van der Waals surface area contributed by atoms with E-state index in [0.717, 1.165) is 33.9 Å². The first-order valence-electron chi connectivity index (χ1n) is 11.5. The summed E-state index contributed by atoms with van der Waals surface area (Å²) >= 11 is 0. The van der Waals surface area contributed by atoms with E-state index >= 15 is 0 Å². The molecule has 0 bridgehead atoms. The molecule has 3 aromatic carbocycles. The highest BCUT2D eigenvalue weighted by Gasteiger charge is 2.35. The Kier molecular flexibility index (Phi) is 5.63. The molecule has 1 fully saturated rings. The van der Waals surface area contributed by atoms with E-state index in [1.54, 1.807) is 0 Å². The summed E-state index contributed by atoms with van der Waals surface area (Å²) in [6.07, 6.45) is 0.468. The molecule has 1 amide bonds. The number of aryl methyl sites for hydroxylation is 3. The third-order valence-corrected chi connectivity index (χ3v) is 6.42. The SMILES string of the molecule is Cc1ccc(OCCn2c(C3CC(=O)N(c4ccc(C)cc4C)C3)nc3ccccc32)cc1. The zero-order chi connectivity index (χ0) is 22.9. The Morgan fingerprint density at radius 1 is 0.970 bits per heavy atom. The fourth-order valence-electron chi connectivity index (χ4n) is 4.75. The van der Waals surface area contributed by atoms with Gasteiger partial charge in [0.25, 0.3) is 0 Å². The number of hydrogen-bond donors (Lipinski definition) is 0. The second-order valence-corrected chi connectivity index (χ2v) is 8.97. The number of hydrogen-bond acceptors (Lipinski definition) is 3. The molecule has 1 unspecified atom stereocenters. The number of benzene rings is 3. The lowest BCUT2D eigenvalue weighted by atomic mass is 10.1. The lowest BCUT2D eigenvalue weighted by molar-refractivity contribution is -0.117. The second kappa shape index (κ2) is 8.74. The molecule has 4 aromatic rings. The molecule has 0 N–H and O–H groups in total. The molecule has 1 aromatic heterocycles. The number of amides is 1. The second-order valence-electron chi connectivity index (χ2n) is 8.97. The number of carbonyl (C=O) groups is 1. The van der Waals surface area contributed by atoms with Crippen LogP contribution in [0.25, 0.3) is 11.0 Å². The molecule has 0 radical (unpaired) electrons. The number of fused-ring (bicyclic) bond motifs is 1. The highest BCUT2D eigenvalue weighted by molar-refractivity contribution is 5.97. The van der Waals surface area contributed by atoms with Crippen LogP contribution in [0.1, 0.15) is 34.9 Å². The van der Waals surface area contributed by atoms with Gasteiger partial charge in [0.05, 0.1) is 17.6 Å². The predicted molar refractivity (Wildman–Crippen MR) is 132 cm³/mol. The summed E-state index contributed by atoms with van der Waals surface area (Å²) in [5.74, 6) is 2.03. The van der Waals surface area contributed by atoms with Gasteiger partial charge in [-0.15, -0.1) is 0 Å². The van der Waals surface area contributed by atoms with Gasteiger partial charge in [0.2, 0.25) is 5.91 Å². The number of aromatic nitrogens is 2. The first-order chi connectivity index (χ1) is 16.0. The number of imidazole rings is 1. The minimum absolute atomic E-state index is 0.0463. The minimum Gasteiger partial charge on any atom is -0.492 e. The molecule has 2 heterocycles. The highest BCUT2D eigenvalue weighted by Crippen LogP contribution is 2.34. The van der Waals surface area contributed by atoms with Crippen LogP contribution in [0.5, 0.6) is 5.75 Å². The Labute approximate surface area is 194 Å². The molecule has 0 saturated carbocycles. The first kappa shape index (κ1) is 21.3. The van der Waals surface area contributed by atoms with Crippen molar-refractivity contribution in [3.63, 3.8) is 0 Å². The number of para-hydroxylation sites is 2. The molecule has 0 spiro atoms. The van der Waals surface area contributed by atoms with Gasteiger partial charge in [0.15, 0.2) is 0 Å². The standard InChI is InChI=1S/C28H29N3O2/c1-19-8-11-23(12-9-19)33-15-14-30-26-7-5-4-6-24(26)29-28(30)22-17-27(32)31(18-22)25-13-10-20(2)16-21(25)3/h4-13,16,22H,14-15,17-18H2,1-3H3. The summed E-state index contributed by atoms with van der Waals surface area (Å²) in [6.45, 7) is 8.08. The van der Waals surface area contributed by atoms with Crippen molar-refractivity contribution in [3.8, 4) is 5.75 Å². The Balaban J connectivity index is 1.40. The molecular formula is C28H29N3O2. The van der Waals surface area contributed by atoms with E-state index in [1.807, 2.05) is 35.2 Å². The minimum atomic E-state index is 0.0463. The largest absolute Gasteiger partial charge is 0.492 e. The lowest BCUT2D eigenvalue weighted by Gasteiger charge is -2.20. The molecule has 1 aliphatic rings. The van der Waals surface area contributed by atoms with Gasteiger partial charge in [-0.1, -0.05) is 47.5 Å². The van der Waals surface area contributed by atoms with Crippen molar-refractivity contribution in [3.05, 3.63) is 89.2 Å². The van der Waals surface area contributed by atoms with E-state index in [2.05, 4.69) is 61.7 Å². The van der Waals surface area contributed by atoms with Crippen molar-refractivity contribution in [1.82, 2.24) is 9.55 Å². The molecule has 33 heavy (non-hydrogen) atoms. The van der Waals surface area contributed by atoms with Gasteiger partial charge in [-0.25, -0.2) is 4.98 Å². The maximum absolute atomic E-state index is 13.0. The van der Waals surface area contributed by atoms with Crippen LogP contribution in [0.4, 0.5) is 5.69 Å².